The van der Waals surface area contributed by atoms with Gasteiger partial charge in [-0.3, -0.25) is 4.74 Å². The third-order valence-electron chi connectivity index (χ3n) is 0.576. The van der Waals surface area contributed by atoms with Gasteiger partial charge in [0.25, 0.3) is 11.0 Å². The average Bonchev–Trinajstić information content (AvgIpc) is 1.82. The van der Waals surface area contributed by atoms with Crippen LogP contribution in [-0.4, -0.2) is 11.0 Å². The van der Waals surface area contributed by atoms with Gasteiger partial charge in [-0.2, -0.15) is 9.78 Å². The summed E-state index contributed by atoms with van der Waals surface area (Å²) in [6.45, 7) is 1.48. The number of alkyl halides is 2. The van der Waals surface area contributed by atoms with Crippen LogP contribution in [0.3, 0.4) is 0 Å². The van der Waals surface area contributed by atoms with E-state index in [0.29, 0.717) is 0 Å². The lowest BCUT2D eigenvalue weighted by molar-refractivity contribution is -0.293. The van der Waals surface area contributed by atoms with Crippen LogP contribution in [0.25, 0.3) is 0 Å². The Morgan fingerprint density at radius 2 is 2.25 bits per heavy atom. The van der Waals surface area contributed by atoms with E-state index < -0.39 is 11.0 Å². The second kappa shape index (κ2) is 2.01. The molecular formula is C3H4Cl2O3. The number of halogens is 2. The van der Waals surface area contributed by atoms with Crippen LogP contribution in [0.5, 0.6) is 0 Å². The van der Waals surface area contributed by atoms with Crippen molar-refractivity contribution in [2.45, 2.75) is 17.9 Å². The van der Waals surface area contributed by atoms with Gasteiger partial charge in [-0.25, -0.2) is 0 Å². The monoisotopic (exact) mass is 158 g/mol. The maximum absolute atomic E-state index is 5.41. The van der Waals surface area contributed by atoms with Crippen molar-refractivity contribution in [2.24, 2.45) is 0 Å². The third-order valence-corrected chi connectivity index (χ3v) is 0.890. The summed E-state index contributed by atoms with van der Waals surface area (Å²) in [4.78, 5) is 8.64. The van der Waals surface area contributed by atoms with Crippen LogP contribution in [0.4, 0.5) is 0 Å². The van der Waals surface area contributed by atoms with E-state index in [0.717, 1.165) is 0 Å². The molecule has 0 amide bonds. The number of rotatable bonds is 0. The predicted octanol–water partition coefficient (Wildman–Crippen LogP) is 1.40. The molecule has 1 rings (SSSR count). The minimum atomic E-state index is -1.22. The van der Waals surface area contributed by atoms with Crippen molar-refractivity contribution < 1.29 is 14.5 Å². The second-order valence-electron chi connectivity index (χ2n) is 1.41. The summed E-state index contributed by atoms with van der Waals surface area (Å²) in [5.74, 6) is -0.891. The summed E-state index contributed by atoms with van der Waals surface area (Å²) in [6.07, 6.45) is 0. The summed E-state index contributed by atoms with van der Waals surface area (Å²) in [5.41, 5.74) is 0. The zero-order valence-corrected chi connectivity index (χ0v) is 5.57. The van der Waals surface area contributed by atoms with Gasteiger partial charge in [0.1, 0.15) is 0 Å². The molecule has 0 radical (unpaired) electrons. The highest BCUT2D eigenvalue weighted by molar-refractivity contribution is 6.23. The lowest BCUT2D eigenvalue weighted by Gasteiger charge is -2.06. The van der Waals surface area contributed by atoms with Gasteiger partial charge >= 0.3 is 0 Å². The number of hydrogen-bond donors (Lipinski definition) is 0. The Balaban J connectivity index is 2.44. The number of ether oxygens (including phenoxy) is 1. The third kappa shape index (κ3) is 1.47. The van der Waals surface area contributed by atoms with Gasteiger partial charge in [0.15, 0.2) is 0 Å². The average molecular weight is 159 g/mol. The highest BCUT2D eigenvalue weighted by Gasteiger charge is 2.36. The van der Waals surface area contributed by atoms with Crippen molar-refractivity contribution in [3.63, 3.8) is 0 Å². The van der Waals surface area contributed by atoms with E-state index in [2.05, 4.69) is 14.5 Å². The van der Waals surface area contributed by atoms with E-state index in [-0.39, 0.29) is 0 Å². The normalized spacial score (nSPS) is 47.6. The molecule has 5 heteroatoms. The van der Waals surface area contributed by atoms with Crippen molar-refractivity contribution in [1.82, 2.24) is 0 Å². The first-order chi connectivity index (χ1) is 3.60. The molecular weight excluding hydrogens is 155 g/mol. The predicted molar refractivity (Wildman–Crippen MR) is 27.2 cm³/mol. The minimum Gasteiger partial charge on any atom is -0.289 e. The molecule has 1 saturated heterocycles. The molecule has 1 fully saturated rings. The Morgan fingerprint density at radius 3 is 2.38 bits per heavy atom. The Hall–Kier alpha value is 0.460. The van der Waals surface area contributed by atoms with E-state index in [1.54, 1.807) is 0 Å². The van der Waals surface area contributed by atoms with Crippen LogP contribution in [0.1, 0.15) is 6.92 Å². The van der Waals surface area contributed by atoms with E-state index >= 15 is 0 Å². The first kappa shape index (κ1) is 6.58. The van der Waals surface area contributed by atoms with E-state index in [1.165, 1.54) is 6.92 Å². The Kier molecular flexibility index (Phi) is 1.65. The van der Waals surface area contributed by atoms with Crippen molar-refractivity contribution in [2.75, 3.05) is 0 Å². The highest BCUT2D eigenvalue weighted by Crippen LogP contribution is 2.29. The van der Waals surface area contributed by atoms with Crippen LogP contribution < -0.4 is 0 Å². The standard InChI is InChI=1S/C3H4Cl2O3/c1-3(5)6-2(4)7-8-3/h2H,1H3/t2-,3-/m1/s1. The van der Waals surface area contributed by atoms with Gasteiger partial charge in [-0.1, -0.05) is 23.2 Å². The largest absolute Gasteiger partial charge is 0.289 e. The van der Waals surface area contributed by atoms with E-state index in [9.17, 15) is 0 Å². The maximum atomic E-state index is 5.41. The quantitative estimate of drug-likeness (QED) is 0.395. The summed E-state index contributed by atoms with van der Waals surface area (Å²) >= 11 is 10.7. The van der Waals surface area contributed by atoms with Gasteiger partial charge in [0.05, 0.1) is 0 Å². The molecule has 0 aromatic heterocycles. The van der Waals surface area contributed by atoms with Crippen molar-refractivity contribution >= 4 is 23.2 Å². The number of hydrogen-bond acceptors (Lipinski definition) is 3. The zero-order valence-electron chi connectivity index (χ0n) is 4.06. The lowest BCUT2D eigenvalue weighted by atomic mass is 10.8. The lowest BCUT2D eigenvalue weighted by Crippen LogP contribution is -2.16. The highest BCUT2D eigenvalue weighted by atomic mass is 35.5. The van der Waals surface area contributed by atoms with E-state index in [4.69, 9.17) is 23.2 Å². The summed E-state index contributed by atoms with van der Waals surface area (Å²) < 4.78 is 4.64. The summed E-state index contributed by atoms with van der Waals surface area (Å²) in [6, 6.07) is 0. The summed E-state index contributed by atoms with van der Waals surface area (Å²) in [5, 5.41) is -1.22. The topological polar surface area (TPSA) is 27.7 Å². The second-order valence-corrected chi connectivity index (χ2v) is 2.45. The van der Waals surface area contributed by atoms with Gasteiger partial charge in [0.2, 0.25) is 0 Å². The maximum Gasteiger partial charge on any atom is 0.278 e. The Bertz CT molecular complexity index is 94.5. The molecule has 2 atom stereocenters. The van der Waals surface area contributed by atoms with Crippen LogP contribution in [0.2, 0.25) is 0 Å². The van der Waals surface area contributed by atoms with Crippen LogP contribution in [-0.2, 0) is 14.5 Å². The molecule has 0 bridgehead atoms. The molecule has 0 saturated carbocycles. The van der Waals surface area contributed by atoms with Gasteiger partial charge in [0, 0.05) is 6.92 Å². The molecule has 0 N–H and O–H groups in total. The summed E-state index contributed by atoms with van der Waals surface area (Å²) in [7, 11) is 0. The van der Waals surface area contributed by atoms with E-state index in [1.807, 2.05) is 0 Å². The van der Waals surface area contributed by atoms with Gasteiger partial charge in [-0.15, -0.1) is 0 Å². The Morgan fingerprint density at radius 1 is 1.62 bits per heavy atom. The smallest absolute Gasteiger partial charge is 0.278 e. The van der Waals surface area contributed by atoms with Gasteiger partial charge in [-0.05, 0) is 0 Å². The fourth-order valence-electron chi connectivity index (χ4n) is 0.329. The molecule has 1 heterocycles. The molecule has 0 spiro atoms. The minimum absolute atomic E-state index is 0.891. The van der Waals surface area contributed by atoms with Crippen LogP contribution >= 0.6 is 23.2 Å². The fraction of sp³-hybridized carbons (Fsp3) is 1.00. The molecule has 1 aliphatic heterocycles. The molecule has 0 aromatic rings. The van der Waals surface area contributed by atoms with Crippen LogP contribution in [0, 0.1) is 0 Å². The molecule has 8 heavy (non-hydrogen) atoms. The van der Waals surface area contributed by atoms with Crippen molar-refractivity contribution in [1.29, 1.82) is 0 Å². The van der Waals surface area contributed by atoms with Crippen molar-refractivity contribution in [3.8, 4) is 0 Å². The molecule has 0 unspecified atom stereocenters. The SMILES string of the molecule is C[C@]1(Cl)OO[C@H](Cl)O1. The first-order valence-corrected chi connectivity index (χ1v) is 2.77. The molecule has 3 nitrogen and oxygen atoms in total. The van der Waals surface area contributed by atoms with Crippen LogP contribution in [0.15, 0.2) is 0 Å². The molecule has 48 valence electrons. The first-order valence-electron chi connectivity index (χ1n) is 1.95. The zero-order chi connectivity index (χ0) is 6.20. The fourth-order valence-corrected chi connectivity index (χ4v) is 0.698. The molecule has 0 aliphatic carbocycles. The van der Waals surface area contributed by atoms with Gasteiger partial charge < -0.3 is 0 Å². The molecule has 1 aliphatic rings. The Labute approximate surface area is 56.3 Å². The molecule has 0 aromatic carbocycles. The van der Waals surface area contributed by atoms with Crippen molar-refractivity contribution in [3.05, 3.63) is 0 Å².